The fraction of sp³-hybridized carbons (Fsp3) is 0.467. The number of carbonyl (C=O) groups excluding carboxylic acids is 1. The second-order valence-corrected chi connectivity index (χ2v) is 5.58. The number of hydrogen-bond acceptors (Lipinski definition) is 4. The van der Waals surface area contributed by atoms with Crippen molar-refractivity contribution in [2.75, 3.05) is 0 Å². The third-order valence-electron chi connectivity index (χ3n) is 4.24. The molecule has 0 aliphatic heterocycles. The number of aromatic hydroxyl groups is 2. The van der Waals surface area contributed by atoms with Gasteiger partial charge in [0.25, 0.3) is 5.91 Å². The van der Waals surface area contributed by atoms with E-state index in [1.807, 2.05) is 6.92 Å². The van der Waals surface area contributed by atoms with Gasteiger partial charge in [0.05, 0.1) is 5.56 Å². The normalized spacial score (nSPS) is 25.3. The Labute approximate surface area is 122 Å². The molecule has 1 aromatic carbocycles. The highest BCUT2D eigenvalue weighted by molar-refractivity contribution is 6.00. The molecule has 1 saturated carbocycles. The van der Waals surface area contributed by atoms with Crippen molar-refractivity contribution < 1.29 is 24.9 Å². The Morgan fingerprint density at radius 3 is 2.57 bits per heavy atom. The minimum Gasteiger partial charge on any atom is -0.508 e. The number of nitrogens with one attached hydrogen (secondary N) is 1. The van der Waals surface area contributed by atoms with Gasteiger partial charge in [0, 0.05) is 6.07 Å². The summed E-state index contributed by atoms with van der Waals surface area (Å²) in [5.41, 5.74) is -1.36. The second-order valence-electron chi connectivity index (χ2n) is 5.58. The number of aliphatic carboxylic acids is 1. The summed E-state index contributed by atoms with van der Waals surface area (Å²) in [6.45, 7) is 1.81. The van der Waals surface area contributed by atoms with Crippen LogP contribution in [0.2, 0.25) is 0 Å². The number of carboxylic acids is 1. The van der Waals surface area contributed by atoms with Crippen LogP contribution in [0.15, 0.2) is 18.2 Å². The first-order valence-corrected chi connectivity index (χ1v) is 6.94. The second kappa shape index (κ2) is 5.63. The van der Waals surface area contributed by atoms with Crippen molar-refractivity contribution in [3.8, 4) is 11.5 Å². The number of amides is 1. The fourth-order valence-corrected chi connectivity index (χ4v) is 2.89. The molecule has 0 bridgehead atoms. The lowest BCUT2D eigenvalue weighted by Gasteiger charge is -2.39. The molecule has 1 aliphatic rings. The highest BCUT2D eigenvalue weighted by Crippen LogP contribution is 2.34. The maximum Gasteiger partial charge on any atom is 0.329 e. The third-order valence-corrected chi connectivity index (χ3v) is 4.24. The smallest absolute Gasteiger partial charge is 0.329 e. The summed E-state index contributed by atoms with van der Waals surface area (Å²) in [5.74, 6) is -2.43. The summed E-state index contributed by atoms with van der Waals surface area (Å²) >= 11 is 0. The first-order valence-electron chi connectivity index (χ1n) is 6.94. The van der Waals surface area contributed by atoms with Crippen molar-refractivity contribution in [1.82, 2.24) is 5.32 Å². The van der Waals surface area contributed by atoms with E-state index in [2.05, 4.69) is 5.32 Å². The number of benzene rings is 1. The lowest BCUT2D eigenvalue weighted by atomic mass is 9.73. The largest absolute Gasteiger partial charge is 0.508 e. The molecule has 1 amide bonds. The van der Waals surface area contributed by atoms with Crippen LogP contribution in [0.25, 0.3) is 0 Å². The maximum absolute atomic E-state index is 12.3. The Balaban J connectivity index is 2.28. The molecule has 1 fully saturated rings. The molecule has 4 N–H and O–H groups in total. The molecule has 6 heteroatoms. The van der Waals surface area contributed by atoms with Gasteiger partial charge in [-0.05, 0) is 30.9 Å². The number of hydrogen-bond donors (Lipinski definition) is 4. The molecule has 2 atom stereocenters. The molecular weight excluding hydrogens is 274 g/mol. The van der Waals surface area contributed by atoms with Crippen LogP contribution in [0.1, 0.15) is 43.0 Å². The number of phenolic OH excluding ortho intramolecular Hbond substituents is 2. The van der Waals surface area contributed by atoms with E-state index in [-0.39, 0.29) is 23.0 Å². The van der Waals surface area contributed by atoms with Crippen molar-refractivity contribution in [2.45, 2.75) is 38.1 Å². The van der Waals surface area contributed by atoms with Gasteiger partial charge in [-0.15, -0.1) is 0 Å². The molecule has 2 unspecified atom stereocenters. The van der Waals surface area contributed by atoms with Gasteiger partial charge >= 0.3 is 5.97 Å². The topological polar surface area (TPSA) is 107 Å². The van der Waals surface area contributed by atoms with E-state index in [0.717, 1.165) is 25.3 Å². The standard InChI is InChI=1S/C15H19NO5/c1-9-4-2-3-7-15(9,14(20)21)16-13(19)11-6-5-10(17)8-12(11)18/h5-6,8-9,17-18H,2-4,7H2,1H3,(H,16,19)(H,20,21). The molecule has 1 aliphatic carbocycles. The molecule has 6 nitrogen and oxygen atoms in total. The molecule has 1 aromatic rings. The Kier molecular flexibility index (Phi) is 4.06. The lowest BCUT2D eigenvalue weighted by molar-refractivity contribution is -0.148. The van der Waals surface area contributed by atoms with Crippen LogP contribution in [-0.4, -0.2) is 32.7 Å². The summed E-state index contributed by atoms with van der Waals surface area (Å²) < 4.78 is 0. The number of carboxylic acid groups (broad SMARTS) is 1. The van der Waals surface area contributed by atoms with Crippen molar-refractivity contribution in [3.05, 3.63) is 23.8 Å². The van der Waals surface area contributed by atoms with Crippen LogP contribution >= 0.6 is 0 Å². The minimum atomic E-state index is -1.31. The number of carbonyl (C=O) groups is 2. The van der Waals surface area contributed by atoms with Crippen molar-refractivity contribution in [2.24, 2.45) is 5.92 Å². The van der Waals surface area contributed by atoms with Crippen LogP contribution in [-0.2, 0) is 4.79 Å². The van der Waals surface area contributed by atoms with Gasteiger partial charge in [-0.1, -0.05) is 19.8 Å². The van der Waals surface area contributed by atoms with E-state index in [4.69, 9.17) is 0 Å². The van der Waals surface area contributed by atoms with Crippen molar-refractivity contribution >= 4 is 11.9 Å². The van der Waals surface area contributed by atoms with Gasteiger partial charge in [0.1, 0.15) is 17.0 Å². The fourth-order valence-electron chi connectivity index (χ4n) is 2.89. The molecule has 0 heterocycles. The summed E-state index contributed by atoms with van der Waals surface area (Å²) in [6.07, 6.45) is 2.78. The third kappa shape index (κ3) is 2.79. The molecule has 0 radical (unpaired) electrons. The highest BCUT2D eigenvalue weighted by atomic mass is 16.4. The molecule has 0 saturated heterocycles. The number of rotatable bonds is 3. The summed E-state index contributed by atoms with van der Waals surface area (Å²) in [4.78, 5) is 24.0. The average Bonchev–Trinajstić information content (AvgIpc) is 2.41. The van der Waals surface area contributed by atoms with Crippen LogP contribution in [0.5, 0.6) is 11.5 Å². The predicted octanol–water partition coefficient (Wildman–Crippen LogP) is 1.86. The summed E-state index contributed by atoms with van der Waals surface area (Å²) in [6, 6.07) is 3.59. The molecule has 0 aromatic heterocycles. The quantitative estimate of drug-likeness (QED) is 0.680. The minimum absolute atomic E-state index is 0.0498. The lowest BCUT2D eigenvalue weighted by Crippen LogP contribution is -2.60. The van der Waals surface area contributed by atoms with Crippen LogP contribution in [0.4, 0.5) is 0 Å². The van der Waals surface area contributed by atoms with Gasteiger partial charge in [-0.25, -0.2) is 4.79 Å². The average molecular weight is 293 g/mol. The van der Waals surface area contributed by atoms with Gasteiger partial charge < -0.3 is 20.6 Å². The van der Waals surface area contributed by atoms with Crippen molar-refractivity contribution in [3.63, 3.8) is 0 Å². The monoisotopic (exact) mass is 293 g/mol. The zero-order valence-electron chi connectivity index (χ0n) is 11.8. The van der Waals surface area contributed by atoms with Crippen LogP contribution in [0.3, 0.4) is 0 Å². The van der Waals surface area contributed by atoms with E-state index in [1.165, 1.54) is 12.1 Å². The Hall–Kier alpha value is -2.24. The van der Waals surface area contributed by atoms with E-state index in [9.17, 15) is 24.9 Å². The Bertz CT molecular complexity index is 571. The summed E-state index contributed by atoms with van der Waals surface area (Å²) in [5, 5.41) is 31.1. The molecule has 0 spiro atoms. The van der Waals surface area contributed by atoms with Gasteiger partial charge in [-0.3, -0.25) is 4.79 Å². The zero-order valence-corrected chi connectivity index (χ0v) is 11.8. The van der Waals surface area contributed by atoms with Gasteiger partial charge in [0.15, 0.2) is 0 Å². The zero-order chi connectivity index (χ0) is 15.6. The van der Waals surface area contributed by atoms with Gasteiger partial charge in [0.2, 0.25) is 0 Å². The van der Waals surface area contributed by atoms with E-state index in [1.54, 1.807) is 0 Å². The molecular formula is C15H19NO5. The SMILES string of the molecule is CC1CCCCC1(NC(=O)c1ccc(O)cc1O)C(=O)O. The van der Waals surface area contributed by atoms with Crippen LogP contribution in [0, 0.1) is 5.92 Å². The Morgan fingerprint density at radius 1 is 1.29 bits per heavy atom. The van der Waals surface area contributed by atoms with E-state index < -0.39 is 17.4 Å². The van der Waals surface area contributed by atoms with E-state index in [0.29, 0.717) is 6.42 Å². The predicted molar refractivity (Wildman–Crippen MR) is 75.2 cm³/mol. The molecule has 2 rings (SSSR count). The first kappa shape index (κ1) is 15.2. The first-order chi connectivity index (χ1) is 9.86. The van der Waals surface area contributed by atoms with Crippen LogP contribution < -0.4 is 5.32 Å². The van der Waals surface area contributed by atoms with E-state index >= 15 is 0 Å². The molecule has 21 heavy (non-hydrogen) atoms. The number of phenols is 2. The molecule has 114 valence electrons. The highest BCUT2D eigenvalue weighted by Gasteiger charge is 2.46. The van der Waals surface area contributed by atoms with Crippen molar-refractivity contribution in [1.29, 1.82) is 0 Å². The summed E-state index contributed by atoms with van der Waals surface area (Å²) in [7, 11) is 0. The Morgan fingerprint density at radius 2 is 2.00 bits per heavy atom. The maximum atomic E-state index is 12.3. The van der Waals surface area contributed by atoms with Gasteiger partial charge in [-0.2, -0.15) is 0 Å².